The van der Waals surface area contributed by atoms with E-state index in [-0.39, 0.29) is 5.82 Å². The van der Waals surface area contributed by atoms with Gasteiger partial charge in [0, 0.05) is 12.7 Å². The minimum atomic E-state index is -0.486. The zero-order valence-electron chi connectivity index (χ0n) is 8.57. The average Bonchev–Trinajstić information content (AvgIpc) is 2.84. The zero-order valence-corrected chi connectivity index (χ0v) is 9.39. The maximum absolute atomic E-state index is 13.0. The third-order valence-corrected chi connectivity index (χ3v) is 4.08. The summed E-state index contributed by atoms with van der Waals surface area (Å²) in [6.45, 7) is 1.16. The minimum absolute atomic E-state index is 0.266. The molecular weight excluding hydrogens is 227 g/mol. The number of hydrogen-bond acceptors (Lipinski definition) is 4. The molecule has 0 amide bonds. The Morgan fingerprint density at radius 2 is 2.38 bits per heavy atom. The van der Waals surface area contributed by atoms with Crippen LogP contribution in [0.4, 0.5) is 4.39 Å². The monoisotopic (exact) mass is 238 g/mol. The fraction of sp³-hybridized carbons (Fsp3) is 0.364. The second-order valence-electron chi connectivity index (χ2n) is 4.09. The van der Waals surface area contributed by atoms with Gasteiger partial charge in [0.2, 0.25) is 0 Å². The van der Waals surface area contributed by atoms with Crippen LogP contribution in [0, 0.1) is 5.82 Å². The normalized spacial score (nSPS) is 25.4. The quantitative estimate of drug-likeness (QED) is 0.826. The van der Waals surface area contributed by atoms with Crippen molar-refractivity contribution in [3.8, 4) is 0 Å². The highest BCUT2D eigenvalue weighted by Crippen LogP contribution is 2.33. The molecule has 16 heavy (non-hydrogen) atoms. The van der Waals surface area contributed by atoms with E-state index < -0.39 is 5.54 Å². The van der Waals surface area contributed by atoms with Gasteiger partial charge in [-0.1, -0.05) is 0 Å². The van der Waals surface area contributed by atoms with Crippen LogP contribution in [-0.4, -0.2) is 18.2 Å². The molecule has 1 atom stereocenters. The molecule has 3 nitrogen and oxygen atoms in total. The van der Waals surface area contributed by atoms with Gasteiger partial charge in [-0.2, -0.15) is 0 Å². The van der Waals surface area contributed by atoms with Crippen molar-refractivity contribution in [2.75, 3.05) is 13.2 Å². The molecule has 1 aromatic heterocycles. The maximum atomic E-state index is 13.0. The summed E-state index contributed by atoms with van der Waals surface area (Å²) >= 11 is 1.52. The van der Waals surface area contributed by atoms with Crippen LogP contribution in [0.3, 0.4) is 0 Å². The third kappa shape index (κ3) is 1.52. The van der Waals surface area contributed by atoms with Gasteiger partial charge >= 0.3 is 0 Å². The second kappa shape index (κ2) is 3.48. The molecule has 2 aromatic rings. The van der Waals surface area contributed by atoms with Crippen molar-refractivity contribution in [3.63, 3.8) is 0 Å². The first-order chi connectivity index (χ1) is 7.67. The van der Waals surface area contributed by atoms with E-state index in [1.54, 1.807) is 6.07 Å². The van der Waals surface area contributed by atoms with E-state index in [1.807, 2.05) is 0 Å². The lowest BCUT2D eigenvalue weighted by atomic mass is 10.0. The van der Waals surface area contributed by atoms with Crippen LogP contribution in [0.5, 0.6) is 0 Å². The predicted molar refractivity (Wildman–Crippen MR) is 60.9 cm³/mol. The number of benzene rings is 1. The second-order valence-corrected chi connectivity index (χ2v) is 5.12. The predicted octanol–water partition coefficient (Wildman–Crippen LogP) is 2.01. The van der Waals surface area contributed by atoms with Crippen LogP contribution in [-0.2, 0) is 10.3 Å². The van der Waals surface area contributed by atoms with Gasteiger partial charge in [0.25, 0.3) is 0 Å². The molecule has 1 fully saturated rings. The van der Waals surface area contributed by atoms with Crippen molar-refractivity contribution in [1.29, 1.82) is 0 Å². The number of nitrogens with zero attached hydrogens (tertiary/aromatic N) is 1. The Bertz CT molecular complexity index is 534. The van der Waals surface area contributed by atoms with Gasteiger partial charge < -0.3 is 10.5 Å². The first-order valence-electron chi connectivity index (χ1n) is 5.11. The molecule has 1 unspecified atom stereocenters. The molecule has 84 valence electrons. The fourth-order valence-corrected chi connectivity index (χ4v) is 2.92. The van der Waals surface area contributed by atoms with Gasteiger partial charge in [-0.05, 0) is 18.6 Å². The Balaban J connectivity index is 2.11. The topological polar surface area (TPSA) is 48.1 Å². The smallest absolute Gasteiger partial charge is 0.125 e. The number of fused-ring (bicyclic) bond motifs is 1. The molecule has 0 spiro atoms. The number of thiazole rings is 1. The number of aromatic nitrogens is 1. The Morgan fingerprint density at radius 3 is 3.12 bits per heavy atom. The van der Waals surface area contributed by atoms with E-state index in [1.165, 1.54) is 23.5 Å². The molecule has 0 saturated carbocycles. The Labute approximate surface area is 96.0 Å². The maximum Gasteiger partial charge on any atom is 0.125 e. The molecule has 1 aliphatic heterocycles. The summed E-state index contributed by atoms with van der Waals surface area (Å²) in [5.41, 5.74) is 6.40. The summed E-state index contributed by atoms with van der Waals surface area (Å²) in [5.74, 6) is -0.266. The van der Waals surface area contributed by atoms with Crippen molar-refractivity contribution in [2.45, 2.75) is 12.0 Å². The van der Waals surface area contributed by atoms with E-state index in [4.69, 9.17) is 10.5 Å². The summed E-state index contributed by atoms with van der Waals surface area (Å²) in [7, 11) is 0. The molecule has 1 aliphatic rings. The van der Waals surface area contributed by atoms with Gasteiger partial charge in [-0.25, -0.2) is 9.37 Å². The lowest BCUT2D eigenvalue weighted by molar-refractivity contribution is 0.178. The van der Waals surface area contributed by atoms with E-state index in [0.717, 1.165) is 16.1 Å². The Hall–Kier alpha value is -1.04. The van der Waals surface area contributed by atoms with Crippen LogP contribution < -0.4 is 5.73 Å². The molecule has 2 heterocycles. The average molecular weight is 238 g/mol. The highest BCUT2D eigenvalue weighted by Gasteiger charge is 2.35. The zero-order chi connectivity index (χ0) is 11.2. The van der Waals surface area contributed by atoms with Gasteiger partial charge in [0.05, 0.1) is 22.4 Å². The van der Waals surface area contributed by atoms with Crippen LogP contribution >= 0.6 is 11.3 Å². The van der Waals surface area contributed by atoms with Crippen LogP contribution in [0.25, 0.3) is 10.2 Å². The van der Waals surface area contributed by atoms with E-state index in [2.05, 4.69) is 4.98 Å². The molecule has 1 aromatic carbocycles. The van der Waals surface area contributed by atoms with Crippen LogP contribution in [0.1, 0.15) is 11.4 Å². The first kappa shape index (κ1) is 10.1. The Morgan fingerprint density at radius 1 is 1.50 bits per heavy atom. The number of ether oxygens (including phenoxy) is 1. The highest BCUT2D eigenvalue weighted by molar-refractivity contribution is 7.18. The third-order valence-electron chi connectivity index (χ3n) is 2.83. The summed E-state index contributed by atoms with van der Waals surface area (Å²) in [5, 5.41) is 0.839. The van der Waals surface area contributed by atoms with Gasteiger partial charge in [0.1, 0.15) is 10.8 Å². The van der Waals surface area contributed by atoms with Gasteiger partial charge in [-0.15, -0.1) is 11.3 Å². The fourth-order valence-electron chi connectivity index (χ4n) is 1.86. The molecular formula is C11H11FN2OS. The van der Waals surface area contributed by atoms with Crippen LogP contribution in [0.2, 0.25) is 0 Å². The Kier molecular flexibility index (Phi) is 2.20. The molecule has 2 N–H and O–H groups in total. The first-order valence-corrected chi connectivity index (χ1v) is 5.92. The van der Waals surface area contributed by atoms with Crippen molar-refractivity contribution >= 4 is 21.6 Å². The standard InChI is InChI=1S/C11H11FN2OS/c12-7-1-2-9-8(5-7)14-10(16-9)11(13)3-4-15-6-11/h1-2,5H,3-4,6,13H2. The lowest BCUT2D eigenvalue weighted by Gasteiger charge is -2.17. The van der Waals surface area contributed by atoms with Crippen molar-refractivity contribution in [3.05, 3.63) is 29.0 Å². The van der Waals surface area contributed by atoms with E-state index in [9.17, 15) is 4.39 Å². The van der Waals surface area contributed by atoms with Gasteiger partial charge in [-0.3, -0.25) is 0 Å². The highest BCUT2D eigenvalue weighted by atomic mass is 32.1. The van der Waals surface area contributed by atoms with Crippen LogP contribution in [0.15, 0.2) is 18.2 Å². The SMILES string of the molecule is NC1(c2nc3cc(F)ccc3s2)CCOC1. The van der Waals surface area contributed by atoms with E-state index >= 15 is 0 Å². The summed E-state index contributed by atoms with van der Waals surface area (Å²) < 4.78 is 19.3. The number of rotatable bonds is 1. The summed E-state index contributed by atoms with van der Waals surface area (Å²) in [6, 6.07) is 4.62. The molecule has 1 saturated heterocycles. The minimum Gasteiger partial charge on any atom is -0.379 e. The number of hydrogen-bond donors (Lipinski definition) is 1. The van der Waals surface area contributed by atoms with Crippen molar-refractivity contribution < 1.29 is 9.13 Å². The molecule has 0 bridgehead atoms. The van der Waals surface area contributed by atoms with E-state index in [0.29, 0.717) is 18.7 Å². The summed E-state index contributed by atoms with van der Waals surface area (Å²) in [6.07, 6.45) is 0.773. The number of nitrogens with two attached hydrogens (primary N) is 1. The number of halogens is 1. The lowest BCUT2D eigenvalue weighted by Crippen LogP contribution is -2.36. The van der Waals surface area contributed by atoms with Crippen molar-refractivity contribution in [2.24, 2.45) is 5.73 Å². The molecule has 0 radical (unpaired) electrons. The largest absolute Gasteiger partial charge is 0.379 e. The molecule has 5 heteroatoms. The molecule has 3 rings (SSSR count). The van der Waals surface area contributed by atoms with Gasteiger partial charge in [0.15, 0.2) is 0 Å². The summed E-state index contributed by atoms with van der Waals surface area (Å²) in [4.78, 5) is 4.40. The van der Waals surface area contributed by atoms with Crippen molar-refractivity contribution in [1.82, 2.24) is 4.98 Å². The molecule has 0 aliphatic carbocycles.